The summed E-state index contributed by atoms with van der Waals surface area (Å²) in [5.41, 5.74) is 4.35. The van der Waals surface area contributed by atoms with E-state index in [4.69, 9.17) is 11.6 Å². The highest BCUT2D eigenvalue weighted by atomic mass is 35.5. The quantitative estimate of drug-likeness (QED) is 0.650. The van der Waals surface area contributed by atoms with E-state index in [0.29, 0.717) is 12.0 Å². The summed E-state index contributed by atoms with van der Waals surface area (Å²) in [5.74, 6) is 1.19. The Bertz CT molecular complexity index is 952. The van der Waals surface area contributed by atoms with Gasteiger partial charge in [-0.15, -0.1) is 24.9 Å². The lowest BCUT2D eigenvalue weighted by Gasteiger charge is -2.33. The van der Waals surface area contributed by atoms with Crippen LogP contribution in [-0.4, -0.2) is 37.8 Å². The molecular formula is C21H20ClF3N2OS. The van der Waals surface area contributed by atoms with Crippen LogP contribution in [0.2, 0.25) is 5.02 Å². The molecule has 1 saturated heterocycles. The normalized spacial score (nSPS) is 23.4. The zero-order valence-corrected chi connectivity index (χ0v) is 17.1. The van der Waals surface area contributed by atoms with Crippen LogP contribution in [0.25, 0.3) is 11.1 Å². The summed E-state index contributed by atoms with van der Waals surface area (Å²) in [6.45, 7) is 3.07. The van der Waals surface area contributed by atoms with Crippen molar-refractivity contribution in [3.8, 4) is 16.9 Å². The van der Waals surface area contributed by atoms with Crippen molar-refractivity contribution >= 4 is 29.1 Å². The highest BCUT2D eigenvalue weighted by Gasteiger charge is 2.42. The summed E-state index contributed by atoms with van der Waals surface area (Å²) in [7, 11) is 0. The lowest BCUT2D eigenvalue weighted by atomic mass is 9.88. The maximum absolute atomic E-state index is 12.5. The van der Waals surface area contributed by atoms with E-state index in [1.807, 2.05) is 11.8 Å². The molecule has 2 aromatic carbocycles. The molecule has 3 aliphatic rings. The number of piperidine rings is 1. The molecule has 3 heterocycles. The van der Waals surface area contributed by atoms with E-state index in [0.717, 1.165) is 49.4 Å². The molecule has 2 atom stereocenters. The van der Waals surface area contributed by atoms with Crippen molar-refractivity contribution in [2.45, 2.75) is 36.1 Å². The molecule has 0 bridgehead atoms. The Morgan fingerprint density at radius 1 is 1.21 bits per heavy atom. The minimum absolute atomic E-state index is 0.255. The van der Waals surface area contributed by atoms with Crippen molar-refractivity contribution in [3.63, 3.8) is 0 Å². The van der Waals surface area contributed by atoms with Gasteiger partial charge in [0.1, 0.15) is 5.75 Å². The summed E-state index contributed by atoms with van der Waals surface area (Å²) < 4.78 is 41.5. The van der Waals surface area contributed by atoms with Gasteiger partial charge < -0.3 is 15.0 Å². The zero-order chi connectivity index (χ0) is 20.2. The molecule has 2 unspecified atom stereocenters. The van der Waals surface area contributed by atoms with Crippen LogP contribution in [0.15, 0.2) is 35.2 Å². The van der Waals surface area contributed by atoms with Gasteiger partial charge in [-0.3, -0.25) is 0 Å². The van der Waals surface area contributed by atoms with Gasteiger partial charge in [0.2, 0.25) is 0 Å². The van der Waals surface area contributed by atoms with Gasteiger partial charge >= 0.3 is 6.36 Å². The monoisotopic (exact) mass is 440 g/mol. The van der Waals surface area contributed by atoms with Crippen LogP contribution in [0.5, 0.6) is 5.75 Å². The third-order valence-corrected chi connectivity index (χ3v) is 7.35. The maximum atomic E-state index is 12.5. The minimum atomic E-state index is -4.73. The van der Waals surface area contributed by atoms with E-state index < -0.39 is 6.36 Å². The highest BCUT2D eigenvalue weighted by molar-refractivity contribution is 7.99. The van der Waals surface area contributed by atoms with E-state index in [1.54, 1.807) is 6.07 Å². The molecule has 0 amide bonds. The first kappa shape index (κ1) is 19.4. The number of nitrogens with zero attached hydrogens (tertiary/aromatic N) is 1. The van der Waals surface area contributed by atoms with Crippen LogP contribution < -0.4 is 15.0 Å². The van der Waals surface area contributed by atoms with Crippen molar-refractivity contribution < 1.29 is 17.9 Å². The van der Waals surface area contributed by atoms with Gasteiger partial charge in [-0.1, -0.05) is 11.6 Å². The van der Waals surface area contributed by atoms with Crippen LogP contribution >= 0.6 is 23.4 Å². The van der Waals surface area contributed by atoms with E-state index >= 15 is 0 Å². The number of alkyl halides is 3. The molecule has 5 rings (SSSR count). The van der Waals surface area contributed by atoms with Crippen molar-refractivity contribution in [2.75, 3.05) is 30.3 Å². The van der Waals surface area contributed by atoms with Gasteiger partial charge in [0, 0.05) is 35.5 Å². The fraction of sp³-hybridized carbons (Fsp3) is 0.429. The Morgan fingerprint density at radius 3 is 2.86 bits per heavy atom. The smallest absolute Gasteiger partial charge is 0.406 e. The Balaban J connectivity index is 1.57. The van der Waals surface area contributed by atoms with E-state index in [1.165, 1.54) is 28.3 Å². The van der Waals surface area contributed by atoms with E-state index in [2.05, 4.69) is 27.1 Å². The first-order valence-electron chi connectivity index (χ1n) is 9.74. The Hall–Kier alpha value is -1.57. The van der Waals surface area contributed by atoms with Crippen LogP contribution in [0.4, 0.5) is 18.9 Å². The minimum Gasteiger partial charge on any atom is -0.406 e. The van der Waals surface area contributed by atoms with Gasteiger partial charge in [-0.05, 0) is 66.6 Å². The fourth-order valence-corrected chi connectivity index (χ4v) is 6.16. The fourth-order valence-electron chi connectivity index (χ4n) is 4.81. The van der Waals surface area contributed by atoms with Crippen molar-refractivity contribution in [1.82, 2.24) is 5.32 Å². The number of fused-ring (bicyclic) bond motifs is 3. The summed E-state index contributed by atoms with van der Waals surface area (Å²) in [5, 5.41) is 3.77. The van der Waals surface area contributed by atoms with Crippen molar-refractivity contribution in [2.24, 2.45) is 0 Å². The first-order valence-corrected chi connectivity index (χ1v) is 11.1. The second kappa shape index (κ2) is 7.29. The molecule has 0 aliphatic carbocycles. The second-order valence-corrected chi connectivity index (χ2v) is 9.21. The molecule has 154 valence electrons. The highest BCUT2D eigenvalue weighted by Crippen LogP contribution is 2.51. The lowest BCUT2D eigenvalue weighted by molar-refractivity contribution is -0.274. The molecule has 29 heavy (non-hydrogen) atoms. The summed E-state index contributed by atoms with van der Waals surface area (Å²) in [6, 6.07) is 9.02. The number of rotatable bonds is 2. The SMILES string of the molecule is FC(F)(F)Oc1ccc(-c2cc3c4c(c2)C2CNCCC2N4CCCS3)c(Cl)c1. The molecular weight excluding hydrogens is 421 g/mol. The van der Waals surface area contributed by atoms with Crippen molar-refractivity contribution in [3.05, 3.63) is 40.9 Å². The van der Waals surface area contributed by atoms with Gasteiger partial charge in [-0.2, -0.15) is 0 Å². The third kappa shape index (κ3) is 3.57. The number of ether oxygens (including phenoxy) is 1. The molecule has 0 aromatic heterocycles. The van der Waals surface area contributed by atoms with E-state index in [-0.39, 0.29) is 10.8 Å². The Kier molecular flexibility index (Phi) is 4.87. The Labute approximate surface area is 176 Å². The summed E-state index contributed by atoms with van der Waals surface area (Å²) >= 11 is 8.23. The molecule has 8 heteroatoms. The number of thioether (sulfide) groups is 1. The predicted molar refractivity (Wildman–Crippen MR) is 110 cm³/mol. The lowest BCUT2D eigenvalue weighted by Crippen LogP contribution is -2.44. The number of halogens is 4. The number of nitrogens with one attached hydrogen (secondary N) is 1. The topological polar surface area (TPSA) is 24.5 Å². The molecule has 2 aromatic rings. The molecule has 1 fully saturated rings. The average Bonchev–Trinajstić information content (AvgIpc) is 2.82. The van der Waals surface area contributed by atoms with Crippen molar-refractivity contribution in [1.29, 1.82) is 0 Å². The molecule has 3 aliphatic heterocycles. The average molecular weight is 441 g/mol. The summed E-state index contributed by atoms with van der Waals surface area (Å²) in [6.07, 6.45) is -2.46. The van der Waals surface area contributed by atoms with Crippen LogP contribution in [0.1, 0.15) is 24.3 Å². The summed E-state index contributed by atoms with van der Waals surface area (Å²) in [4.78, 5) is 3.83. The number of hydrogen-bond donors (Lipinski definition) is 1. The standard InChI is InChI=1S/C21H20ClF3N2OS/c22-17-10-13(28-21(23,24)25)2-3-14(17)12-8-15-16-11-26-5-4-18(16)27-6-1-7-29-19(9-12)20(15)27/h2-3,8-10,16,18,26H,1,4-7,11H2. The Morgan fingerprint density at radius 2 is 2.07 bits per heavy atom. The van der Waals surface area contributed by atoms with Gasteiger partial charge in [0.15, 0.2) is 0 Å². The largest absolute Gasteiger partial charge is 0.573 e. The molecule has 0 saturated carbocycles. The van der Waals surface area contributed by atoms with Crippen LogP contribution in [0, 0.1) is 0 Å². The van der Waals surface area contributed by atoms with Crippen LogP contribution in [0.3, 0.4) is 0 Å². The second-order valence-electron chi connectivity index (χ2n) is 7.66. The number of anilines is 1. The molecule has 0 radical (unpaired) electrons. The third-order valence-electron chi connectivity index (χ3n) is 5.92. The van der Waals surface area contributed by atoms with Gasteiger partial charge in [-0.25, -0.2) is 0 Å². The molecule has 1 N–H and O–H groups in total. The number of benzene rings is 2. The molecule has 0 spiro atoms. The first-order chi connectivity index (χ1) is 13.9. The van der Waals surface area contributed by atoms with Gasteiger partial charge in [0.05, 0.1) is 10.7 Å². The number of hydrogen-bond acceptors (Lipinski definition) is 4. The predicted octanol–water partition coefficient (Wildman–Crippen LogP) is 5.67. The zero-order valence-electron chi connectivity index (χ0n) is 15.6. The van der Waals surface area contributed by atoms with Gasteiger partial charge in [0.25, 0.3) is 0 Å². The molecule has 3 nitrogen and oxygen atoms in total. The van der Waals surface area contributed by atoms with Crippen LogP contribution in [-0.2, 0) is 0 Å². The maximum Gasteiger partial charge on any atom is 0.573 e. The van der Waals surface area contributed by atoms with E-state index in [9.17, 15) is 13.2 Å².